The molecule has 1 heterocycles. The van der Waals surface area contributed by atoms with Crippen LogP contribution in [0.1, 0.15) is 23.7 Å². The van der Waals surface area contributed by atoms with Crippen molar-refractivity contribution in [2.24, 2.45) is 0 Å². The second-order valence-corrected chi connectivity index (χ2v) is 3.49. The van der Waals surface area contributed by atoms with Crippen molar-refractivity contribution in [1.29, 1.82) is 0 Å². The van der Waals surface area contributed by atoms with E-state index in [0.717, 1.165) is 6.42 Å². The van der Waals surface area contributed by atoms with Crippen LogP contribution < -0.4 is 0 Å². The van der Waals surface area contributed by atoms with Crippen LogP contribution in [0.2, 0.25) is 0 Å². The first kappa shape index (κ1) is 11.0. The maximum atomic E-state index is 11.5. The number of nitrogens with zero attached hydrogens (tertiary/aromatic N) is 1. The van der Waals surface area contributed by atoms with E-state index in [4.69, 9.17) is 4.74 Å². The van der Waals surface area contributed by atoms with Gasteiger partial charge in [-0.2, -0.15) is 0 Å². The van der Waals surface area contributed by atoms with Gasteiger partial charge in [0.15, 0.2) is 0 Å². The van der Waals surface area contributed by atoms with Crippen molar-refractivity contribution < 1.29 is 9.53 Å². The number of aromatic nitrogens is 1. The van der Waals surface area contributed by atoms with E-state index < -0.39 is 0 Å². The fourth-order valence-electron chi connectivity index (χ4n) is 0.981. The topological polar surface area (TPSA) is 39.2 Å². The van der Waals surface area contributed by atoms with Crippen LogP contribution in [0, 0.1) is 0 Å². The van der Waals surface area contributed by atoms with Crippen molar-refractivity contribution in [3.63, 3.8) is 0 Å². The standard InChI is InChI=1S/C10H13NO2S/c1-3-7-13-10(12)8-5-4-6-11-9(8)14-2/h4-6H,3,7H2,1-2H3. The fourth-order valence-corrected chi connectivity index (χ4v) is 1.52. The normalized spacial score (nSPS) is 9.86. The largest absolute Gasteiger partial charge is 0.462 e. The number of pyridine rings is 1. The van der Waals surface area contributed by atoms with Crippen LogP contribution in [0.15, 0.2) is 23.4 Å². The van der Waals surface area contributed by atoms with Crippen molar-refractivity contribution >= 4 is 17.7 Å². The van der Waals surface area contributed by atoms with Crippen molar-refractivity contribution in [3.05, 3.63) is 23.9 Å². The maximum Gasteiger partial charge on any atom is 0.340 e. The molecule has 14 heavy (non-hydrogen) atoms. The quantitative estimate of drug-likeness (QED) is 0.566. The van der Waals surface area contributed by atoms with Gasteiger partial charge in [-0.15, -0.1) is 11.8 Å². The summed E-state index contributed by atoms with van der Waals surface area (Å²) in [6, 6.07) is 3.47. The molecule has 0 saturated carbocycles. The maximum absolute atomic E-state index is 11.5. The van der Waals surface area contributed by atoms with Crippen LogP contribution in [0.3, 0.4) is 0 Å². The number of carbonyl (C=O) groups is 1. The Bertz CT molecular complexity index is 315. The zero-order valence-electron chi connectivity index (χ0n) is 8.32. The molecule has 0 saturated heterocycles. The van der Waals surface area contributed by atoms with Gasteiger partial charge in [0.2, 0.25) is 0 Å². The van der Waals surface area contributed by atoms with Gasteiger partial charge in [0.25, 0.3) is 0 Å². The minimum Gasteiger partial charge on any atom is -0.462 e. The number of hydrogen-bond acceptors (Lipinski definition) is 4. The SMILES string of the molecule is CCCOC(=O)c1cccnc1SC. The molecule has 0 aliphatic carbocycles. The van der Waals surface area contributed by atoms with Gasteiger partial charge >= 0.3 is 5.97 Å². The van der Waals surface area contributed by atoms with Crippen LogP contribution >= 0.6 is 11.8 Å². The van der Waals surface area contributed by atoms with E-state index in [-0.39, 0.29) is 5.97 Å². The van der Waals surface area contributed by atoms with Crippen LogP contribution in [0.4, 0.5) is 0 Å². The molecule has 1 aromatic heterocycles. The summed E-state index contributed by atoms with van der Waals surface area (Å²) in [5, 5.41) is 0.716. The zero-order chi connectivity index (χ0) is 10.4. The van der Waals surface area contributed by atoms with Gasteiger partial charge in [-0.05, 0) is 24.8 Å². The lowest BCUT2D eigenvalue weighted by molar-refractivity contribution is 0.0500. The van der Waals surface area contributed by atoms with Crippen LogP contribution in [0.5, 0.6) is 0 Å². The van der Waals surface area contributed by atoms with Crippen molar-refractivity contribution in [2.75, 3.05) is 12.9 Å². The second-order valence-electron chi connectivity index (χ2n) is 2.70. The number of thioether (sulfide) groups is 1. The van der Waals surface area contributed by atoms with E-state index in [2.05, 4.69) is 4.98 Å². The third kappa shape index (κ3) is 2.73. The molecule has 76 valence electrons. The summed E-state index contributed by atoms with van der Waals surface area (Å²) in [5.74, 6) is -0.288. The van der Waals surface area contributed by atoms with Gasteiger partial charge in [-0.1, -0.05) is 6.92 Å². The van der Waals surface area contributed by atoms with E-state index >= 15 is 0 Å². The molecule has 0 aliphatic heterocycles. The van der Waals surface area contributed by atoms with E-state index in [0.29, 0.717) is 17.2 Å². The van der Waals surface area contributed by atoms with Gasteiger partial charge < -0.3 is 4.74 Å². The molecule has 0 amide bonds. The Morgan fingerprint density at radius 2 is 2.43 bits per heavy atom. The van der Waals surface area contributed by atoms with E-state index in [1.807, 2.05) is 13.2 Å². The van der Waals surface area contributed by atoms with Gasteiger partial charge in [0, 0.05) is 6.20 Å². The molecular formula is C10H13NO2S. The molecule has 0 aromatic carbocycles. The number of rotatable bonds is 4. The Labute approximate surface area is 87.9 Å². The molecule has 0 N–H and O–H groups in total. The lowest BCUT2D eigenvalue weighted by Gasteiger charge is -2.05. The van der Waals surface area contributed by atoms with Crippen LogP contribution in [-0.4, -0.2) is 23.8 Å². The molecule has 4 heteroatoms. The molecule has 0 spiro atoms. The highest BCUT2D eigenvalue weighted by molar-refractivity contribution is 7.98. The Kier molecular flexibility index (Phi) is 4.46. The van der Waals surface area contributed by atoms with Crippen molar-refractivity contribution in [3.8, 4) is 0 Å². The van der Waals surface area contributed by atoms with Crippen molar-refractivity contribution in [2.45, 2.75) is 18.4 Å². The van der Waals surface area contributed by atoms with E-state index in [9.17, 15) is 4.79 Å². The highest BCUT2D eigenvalue weighted by Gasteiger charge is 2.11. The number of hydrogen-bond donors (Lipinski definition) is 0. The van der Waals surface area contributed by atoms with Crippen LogP contribution in [0.25, 0.3) is 0 Å². The summed E-state index contributed by atoms with van der Waals surface area (Å²) in [5.41, 5.74) is 0.549. The number of ether oxygens (including phenoxy) is 1. The molecule has 0 fully saturated rings. The van der Waals surface area contributed by atoms with E-state index in [1.54, 1.807) is 18.3 Å². The monoisotopic (exact) mass is 211 g/mol. The van der Waals surface area contributed by atoms with E-state index in [1.165, 1.54) is 11.8 Å². The van der Waals surface area contributed by atoms with Gasteiger partial charge in [0.05, 0.1) is 12.2 Å². The predicted molar refractivity (Wildman–Crippen MR) is 56.6 cm³/mol. The molecular weight excluding hydrogens is 198 g/mol. The van der Waals surface area contributed by atoms with Gasteiger partial charge in [-0.3, -0.25) is 0 Å². The summed E-state index contributed by atoms with van der Waals surface area (Å²) in [4.78, 5) is 15.6. The number of carbonyl (C=O) groups excluding carboxylic acids is 1. The third-order valence-electron chi connectivity index (χ3n) is 1.62. The molecule has 1 aromatic rings. The second kappa shape index (κ2) is 5.65. The predicted octanol–water partition coefficient (Wildman–Crippen LogP) is 2.37. The first-order chi connectivity index (χ1) is 6.79. The van der Waals surface area contributed by atoms with Crippen molar-refractivity contribution in [1.82, 2.24) is 4.98 Å². The summed E-state index contributed by atoms with van der Waals surface area (Å²) in [7, 11) is 0. The highest BCUT2D eigenvalue weighted by atomic mass is 32.2. The molecule has 1 rings (SSSR count). The minimum atomic E-state index is -0.288. The molecule has 0 radical (unpaired) electrons. The average Bonchev–Trinajstić information content (AvgIpc) is 2.25. The Hall–Kier alpha value is -1.03. The summed E-state index contributed by atoms with van der Waals surface area (Å²) < 4.78 is 5.03. The summed E-state index contributed by atoms with van der Waals surface area (Å²) in [6.45, 7) is 2.42. The molecule has 0 unspecified atom stereocenters. The molecule has 0 bridgehead atoms. The lowest BCUT2D eigenvalue weighted by atomic mass is 10.3. The summed E-state index contributed by atoms with van der Waals surface area (Å²) >= 11 is 1.45. The zero-order valence-corrected chi connectivity index (χ0v) is 9.13. The molecule has 0 aliphatic rings. The van der Waals surface area contributed by atoms with Crippen LogP contribution in [-0.2, 0) is 4.74 Å². The Morgan fingerprint density at radius 1 is 1.64 bits per heavy atom. The highest BCUT2D eigenvalue weighted by Crippen LogP contribution is 2.17. The minimum absolute atomic E-state index is 0.288. The fraction of sp³-hybridized carbons (Fsp3) is 0.400. The number of esters is 1. The van der Waals surface area contributed by atoms with Gasteiger partial charge in [0.1, 0.15) is 5.03 Å². The lowest BCUT2D eigenvalue weighted by Crippen LogP contribution is -2.07. The molecule has 0 atom stereocenters. The average molecular weight is 211 g/mol. The first-order valence-electron chi connectivity index (χ1n) is 4.45. The Morgan fingerprint density at radius 3 is 3.07 bits per heavy atom. The first-order valence-corrected chi connectivity index (χ1v) is 5.68. The molecule has 3 nitrogen and oxygen atoms in total. The summed E-state index contributed by atoms with van der Waals surface area (Å²) in [6.07, 6.45) is 4.39. The third-order valence-corrected chi connectivity index (χ3v) is 2.33. The smallest absolute Gasteiger partial charge is 0.340 e. The Balaban J connectivity index is 2.78. The van der Waals surface area contributed by atoms with Gasteiger partial charge in [-0.25, -0.2) is 9.78 Å².